The summed E-state index contributed by atoms with van der Waals surface area (Å²) in [6.45, 7) is 4.35. The highest BCUT2D eigenvalue weighted by atomic mass is 35.5. The van der Waals surface area contributed by atoms with E-state index in [2.05, 4.69) is 24.0 Å². The van der Waals surface area contributed by atoms with Gasteiger partial charge in [0.1, 0.15) is 0 Å². The first-order chi connectivity index (χ1) is 10.2. The van der Waals surface area contributed by atoms with Crippen LogP contribution in [0, 0.1) is 0 Å². The standard InChI is InChI=1S/C17H20Cl2N2/c1-2-21(12-13-7-4-3-5-8-13)16(11-20)14-9-6-10-15(18)17(14)19/h3-10,16H,2,11-12,20H2,1H3. The Labute approximate surface area is 136 Å². The molecule has 0 fully saturated rings. The molecule has 2 rings (SSSR count). The maximum absolute atomic E-state index is 6.36. The Morgan fingerprint density at radius 1 is 1.05 bits per heavy atom. The highest BCUT2D eigenvalue weighted by Crippen LogP contribution is 2.32. The zero-order valence-electron chi connectivity index (χ0n) is 12.1. The number of benzene rings is 2. The van der Waals surface area contributed by atoms with Gasteiger partial charge in [-0.05, 0) is 23.7 Å². The van der Waals surface area contributed by atoms with E-state index >= 15 is 0 Å². The molecule has 1 atom stereocenters. The first-order valence-electron chi connectivity index (χ1n) is 7.09. The van der Waals surface area contributed by atoms with Gasteiger partial charge in [0.15, 0.2) is 0 Å². The molecule has 1 unspecified atom stereocenters. The SMILES string of the molecule is CCN(Cc1ccccc1)C(CN)c1cccc(Cl)c1Cl. The van der Waals surface area contributed by atoms with Crippen LogP contribution >= 0.6 is 23.2 Å². The van der Waals surface area contributed by atoms with Crippen LogP contribution in [-0.2, 0) is 6.54 Å². The summed E-state index contributed by atoms with van der Waals surface area (Å²) in [4.78, 5) is 2.31. The number of rotatable bonds is 6. The molecule has 2 nitrogen and oxygen atoms in total. The molecule has 0 saturated carbocycles. The van der Waals surface area contributed by atoms with Crippen molar-refractivity contribution in [1.82, 2.24) is 4.90 Å². The summed E-state index contributed by atoms with van der Waals surface area (Å²) < 4.78 is 0. The molecule has 4 heteroatoms. The monoisotopic (exact) mass is 322 g/mol. The summed E-state index contributed by atoms with van der Waals surface area (Å²) in [5.41, 5.74) is 8.26. The summed E-state index contributed by atoms with van der Waals surface area (Å²) in [5.74, 6) is 0. The molecule has 0 aliphatic heterocycles. The lowest BCUT2D eigenvalue weighted by atomic mass is 10.0. The van der Waals surface area contributed by atoms with Crippen LogP contribution in [0.4, 0.5) is 0 Å². The van der Waals surface area contributed by atoms with E-state index in [-0.39, 0.29) is 6.04 Å². The van der Waals surface area contributed by atoms with Crippen molar-refractivity contribution in [3.8, 4) is 0 Å². The molecule has 21 heavy (non-hydrogen) atoms. The predicted molar refractivity (Wildman–Crippen MR) is 90.8 cm³/mol. The number of hydrogen-bond acceptors (Lipinski definition) is 2. The predicted octanol–water partition coefficient (Wildman–Crippen LogP) is 4.52. The Morgan fingerprint density at radius 3 is 2.38 bits per heavy atom. The third-order valence-corrected chi connectivity index (χ3v) is 4.47. The van der Waals surface area contributed by atoms with Crippen LogP contribution in [-0.4, -0.2) is 18.0 Å². The maximum atomic E-state index is 6.36. The largest absolute Gasteiger partial charge is 0.329 e. The molecule has 2 aromatic rings. The number of nitrogens with two attached hydrogens (primary N) is 1. The summed E-state index contributed by atoms with van der Waals surface area (Å²) in [5, 5.41) is 1.17. The van der Waals surface area contributed by atoms with Crippen molar-refractivity contribution >= 4 is 23.2 Å². The number of likely N-dealkylation sites (N-methyl/N-ethyl adjacent to an activating group) is 1. The Morgan fingerprint density at radius 2 is 1.76 bits per heavy atom. The van der Waals surface area contributed by atoms with Gasteiger partial charge >= 0.3 is 0 Å². The summed E-state index contributed by atoms with van der Waals surface area (Å²) >= 11 is 12.5. The van der Waals surface area contributed by atoms with Gasteiger partial charge in [0, 0.05) is 19.1 Å². The number of halogens is 2. The first-order valence-corrected chi connectivity index (χ1v) is 7.85. The van der Waals surface area contributed by atoms with Crippen molar-refractivity contribution in [2.75, 3.05) is 13.1 Å². The van der Waals surface area contributed by atoms with Crippen molar-refractivity contribution in [2.45, 2.75) is 19.5 Å². The Balaban J connectivity index is 2.27. The van der Waals surface area contributed by atoms with Crippen LogP contribution in [0.25, 0.3) is 0 Å². The fraction of sp³-hybridized carbons (Fsp3) is 0.294. The molecular weight excluding hydrogens is 303 g/mol. The zero-order chi connectivity index (χ0) is 15.2. The summed E-state index contributed by atoms with van der Waals surface area (Å²) in [6.07, 6.45) is 0. The molecule has 112 valence electrons. The third kappa shape index (κ3) is 3.98. The van der Waals surface area contributed by atoms with Crippen molar-refractivity contribution < 1.29 is 0 Å². The minimum Gasteiger partial charge on any atom is -0.329 e. The van der Waals surface area contributed by atoms with E-state index in [4.69, 9.17) is 28.9 Å². The van der Waals surface area contributed by atoms with Gasteiger partial charge in [-0.1, -0.05) is 72.6 Å². The average molecular weight is 323 g/mol. The lowest BCUT2D eigenvalue weighted by Gasteiger charge is -2.31. The summed E-state index contributed by atoms with van der Waals surface area (Å²) in [7, 11) is 0. The van der Waals surface area contributed by atoms with E-state index in [0.717, 1.165) is 18.7 Å². The van der Waals surface area contributed by atoms with Gasteiger partial charge in [-0.25, -0.2) is 0 Å². The van der Waals surface area contributed by atoms with Crippen molar-refractivity contribution in [1.29, 1.82) is 0 Å². The molecule has 0 amide bonds. The smallest absolute Gasteiger partial charge is 0.0640 e. The molecule has 0 spiro atoms. The van der Waals surface area contributed by atoms with E-state index in [9.17, 15) is 0 Å². The van der Waals surface area contributed by atoms with Gasteiger partial charge < -0.3 is 5.73 Å². The van der Waals surface area contributed by atoms with Crippen molar-refractivity contribution in [3.63, 3.8) is 0 Å². The molecular formula is C17H20Cl2N2. The molecule has 0 bridgehead atoms. The Bertz CT molecular complexity index is 572. The highest BCUT2D eigenvalue weighted by molar-refractivity contribution is 6.42. The van der Waals surface area contributed by atoms with Gasteiger partial charge in [0.2, 0.25) is 0 Å². The van der Waals surface area contributed by atoms with Gasteiger partial charge in [-0.3, -0.25) is 4.90 Å². The van der Waals surface area contributed by atoms with Crippen LogP contribution < -0.4 is 5.73 Å². The molecule has 2 N–H and O–H groups in total. The molecule has 0 radical (unpaired) electrons. The van der Waals surface area contributed by atoms with Crippen molar-refractivity contribution in [3.05, 3.63) is 69.7 Å². The lowest BCUT2D eigenvalue weighted by molar-refractivity contribution is 0.203. The normalized spacial score (nSPS) is 12.6. The van der Waals surface area contributed by atoms with Crippen molar-refractivity contribution in [2.24, 2.45) is 5.73 Å². The maximum Gasteiger partial charge on any atom is 0.0640 e. The van der Waals surface area contributed by atoms with E-state index in [0.29, 0.717) is 16.6 Å². The van der Waals surface area contributed by atoms with E-state index < -0.39 is 0 Å². The molecule has 0 heterocycles. The molecule has 2 aromatic carbocycles. The topological polar surface area (TPSA) is 29.3 Å². The van der Waals surface area contributed by atoms with Crippen LogP contribution in [0.2, 0.25) is 10.0 Å². The van der Waals surface area contributed by atoms with Gasteiger partial charge in [-0.15, -0.1) is 0 Å². The molecule has 0 aliphatic rings. The van der Waals surface area contributed by atoms with E-state index in [1.807, 2.05) is 30.3 Å². The third-order valence-electron chi connectivity index (χ3n) is 3.64. The van der Waals surface area contributed by atoms with Gasteiger partial charge in [0.25, 0.3) is 0 Å². The summed E-state index contributed by atoms with van der Waals surface area (Å²) in [6, 6.07) is 16.1. The minimum absolute atomic E-state index is 0.0569. The fourth-order valence-electron chi connectivity index (χ4n) is 2.51. The second kappa shape index (κ2) is 7.81. The van der Waals surface area contributed by atoms with Crippen LogP contribution in [0.3, 0.4) is 0 Å². The Kier molecular flexibility index (Phi) is 6.07. The fourth-order valence-corrected chi connectivity index (χ4v) is 2.94. The van der Waals surface area contributed by atoms with Gasteiger partial charge in [0.05, 0.1) is 10.0 Å². The lowest BCUT2D eigenvalue weighted by Crippen LogP contribution is -2.33. The average Bonchev–Trinajstić information content (AvgIpc) is 2.52. The van der Waals surface area contributed by atoms with Crippen LogP contribution in [0.1, 0.15) is 24.1 Å². The minimum atomic E-state index is 0.0569. The quantitative estimate of drug-likeness (QED) is 0.847. The van der Waals surface area contributed by atoms with Crippen LogP contribution in [0.5, 0.6) is 0 Å². The second-order valence-corrected chi connectivity index (χ2v) is 5.73. The Hall–Kier alpha value is -1.06. The first kappa shape index (κ1) is 16.3. The van der Waals surface area contributed by atoms with Crippen LogP contribution in [0.15, 0.2) is 48.5 Å². The van der Waals surface area contributed by atoms with E-state index in [1.54, 1.807) is 6.07 Å². The molecule has 0 aromatic heterocycles. The van der Waals surface area contributed by atoms with Gasteiger partial charge in [-0.2, -0.15) is 0 Å². The zero-order valence-corrected chi connectivity index (χ0v) is 13.6. The number of hydrogen-bond donors (Lipinski definition) is 1. The molecule has 0 aliphatic carbocycles. The van der Waals surface area contributed by atoms with E-state index in [1.165, 1.54) is 5.56 Å². The number of nitrogens with zero attached hydrogens (tertiary/aromatic N) is 1. The second-order valence-electron chi connectivity index (χ2n) is 4.94. The highest BCUT2D eigenvalue weighted by Gasteiger charge is 2.21. The molecule has 0 saturated heterocycles.